The van der Waals surface area contributed by atoms with Crippen molar-refractivity contribution in [1.29, 1.82) is 0 Å². The summed E-state index contributed by atoms with van der Waals surface area (Å²) in [4.78, 5) is 20.6. The van der Waals surface area contributed by atoms with E-state index in [1.165, 1.54) is 0 Å². The molecule has 1 unspecified atom stereocenters. The van der Waals surface area contributed by atoms with Crippen molar-refractivity contribution >= 4 is 35.3 Å². The van der Waals surface area contributed by atoms with Gasteiger partial charge in [0.05, 0.1) is 11.1 Å². The van der Waals surface area contributed by atoms with Gasteiger partial charge >= 0.3 is 0 Å². The smallest absolute Gasteiger partial charge is 0.249 e. The van der Waals surface area contributed by atoms with E-state index in [-0.39, 0.29) is 17.2 Å². The quantitative estimate of drug-likeness (QED) is 0.589. The van der Waals surface area contributed by atoms with Crippen LogP contribution in [0.3, 0.4) is 0 Å². The summed E-state index contributed by atoms with van der Waals surface area (Å²) in [5, 5.41) is 7.08. The molecule has 0 saturated heterocycles. The Bertz CT molecular complexity index is 1210. The third-order valence-electron chi connectivity index (χ3n) is 5.06. The number of benzene rings is 1. The molecule has 0 bridgehead atoms. The van der Waals surface area contributed by atoms with Crippen LogP contribution in [0.4, 0.5) is 5.95 Å². The SMILES string of the molecule is O=C(Nc1nc2cccc(-c3ccc(OCC4=CN=CC(Cl)C=C4)cc3)n2n1)C1CC1. The van der Waals surface area contributed by atoms with E-state index in [0.29, 0.717) is 18.2 Å². The van der Waals surface area contributed by atoms with Gasteiger partial charge in [0.15, 0.2) is 5.65 Å². The van der Waals surface area contributed by atoms with Crippen LogP contribution in [-0.2, 0) is 4.79 Å². The highest BCUT2D eigenvalue weighted by Crippen LogP contribution is 2.30. The number of ether oxygens (including phenoxy) is 1. The van der Waals surface area contributed by atoms with Crippen LogP contribution in [0.2, 0.25) is 0 Å². The zero-order valence-corrected chi connectivity index (χ0v) is 17.4. The molecule has 156 valence electrons. The summed E-state index contributed by atoms with van der Waals surface area (Å²) in [6, 6.07) is 13.5. The fraction of sp³-hybridized carbons (Fsp3) is 0.217. The lowest BCUT2D eigenvalue weighted by atomic mass is 10.1. The van der Waals surface area contributed by atoms with Crippen molar-refractivity contribution in [3.8, 4) is 17.0 Å². The average molecular weight is 434 g/mol. The first-order chi connectivity index (χ1) is 15.2. The molecule has 2 aliphatic rings. The molecule has 0 radical (unpaired) electrons. The van der Waals surface area contributed by atoms with E-state index in [1.54, 1.807) is 16.9 Å². The number of hydrogen-bond donors (Lipinski definition) is 1. The van der Waals surface area contributed by atoms with Crippen molar-refractivity contribution in [3.63, 3.8) is 0 Å². The molecule has 31 heavy (non-hydrogen) atoms. The molecule has 5 rings (SSSR count). The van der Waals surface area contributed by atoms with Gasteiger partial charge in [0.2, 0.25) is 11.9 Å². The van der Waals surface area contributed by atoms with Crippen LogP contribution in [-0.4, -0.2) is 38.7 Å². The topological polar surface area (TPSA) is 80.9 Å². The van der Waals surface area contributed by atoms with Gasteiger partial charge in [-0.2, -0.15) is 4.98 Å². The van der Waals surface area contributed by atoms with Gasteiger partial charge in [-0.1, -0.05) is 18.2 Å². The van der Waals surface area contributed by atoms with Crippen LogP contribution in [0.15, 0.2) is 71.4 Å². The second kappa shape index (κ2) is 8.35. The Hall–Kier alpha value is -3.45. The van der Waals surface area contributed by atoms with Gasteiger partial charge in [-0.15, -0.1) is 16.7 Å². The van der Waals surface area contributed by atoms with Gasteiger partial charge in [0.25, 0.3) is 0 Å². The average Bonchev–Trinajstić information content (AvgIpc) is 3.58. The molecule has 7 nitrogen and oxygen atoms in total. The minimum atomic E-state index is -0.199. The second-order valence-corrected chi connectivity index (χ2v) is 8.00. The Labute approximate surface area is 184 Å². The molecule has 1 atom stereocenters. The molecule has 3 heterocycles. The molecular formula is C23H20ClN5O2. The molecular weight excluding hydrogens is 414 g/mol. The van der Waals surface area contributed by atoms with Crippen molar-refractivity contribution in [2.75, 3.05) is 11.9 Å². The Morgan fingerprint density at radius 2 is 2.03 bits per heavy atom. The first-order valence-electron chi connectivity index (χ1n) is 10.1. The number of aliphatic imine (C=N–C) groups is 1. The molecule has 1 aromatic carbocycles. The molecule has 1 aliphatic heterocycles. The Morgan fingerprint density at radius 1 is 1.19 bits per heavy atom. The lowest BCUT2D eigenvalue weighted by Gasteiger charge is -2.08. The first kappa shape index (κ1) is 19.5. The van der Waals surface area contributed by atoms with E-state index in [4.69, 9.17) is 16.3 Å². The number of rotatable bonds is 6. The van der Waals surface area contributed by atoms with Crippen LogP contribution >= 0.6 is 11.6 Å². The number of alkyl halides is 1. The van der Waals surface area contributed by atoms with E-state index in [0.717, 1.165) is 35.4 Å². The van der Waals surface area contributed by atoms with E-state index < -0.39 is 0 Å². The third-order valence-corrected chi connectivity index (χ3v) is 5.32. The van der Waals surface area contributed by atoms with Crippen molar-refractivity contribution in [3.05, 3.63) is 66.4 Å². The maximum absolute atomic E-state index is 12.0. The van der Waals surface area contributed by atoms with Crippen LogP contribution in [0.1, 0.15) is 12.8 Å². The fourth-order valence-corrected chi connectivity index (χ4v) is 3.38. The maximum atomic E-state index is 12.0. The van der Waals surface area contributed by atoms with Gasteiger partial charge in [0, 0.05) is 29.5 Å². The molecule has 1 fully saturated rings. The summed E-state index contributed by atoms with van der Waals surface area (Å²) >= 11 is 6.02. The van der Waals surface area contributed by atoms with Crippen molar-refractivity contribution in [1.82, 2.24) is 14.6 Å². The summed E-state index contributed by atoms with van der Waals surface area (Å²) in [7, 11) is 0. The number of aromatic nitrogens is 3. The Kier molecular flexibility index (Phi) is 5.26. The fourth-order valence-electron chi connectivity index (χ4n) is 3.24. The van der Waals surface area contributed by atoms with Gasteiger partial charge in [0.1, 0.15) is 12.4 Å². The maximum Gasteiger partial charge on any atom is 0.249 e. The molecule has 1 aliphatic carbocycles. The lowest BCUT2D eigenvalue weighted by molar-refractivity contribution is -0.117. The zero-order chi connectivity index (χ0) is 21.2. The van der Waals surface area contributed by atoms with Crippen molar-refractivity contribution in [2.24, 2.45) is 10.9 Å². The second-order valence-electron chi connectivity index (χ2n) is 7.50. The Morgan fingerprint density at radius 3 is 2.84 bits per heavy atom. The predicted octanol–water partition coefficient (Wildman–Crippen LogP) is 4.26. The summed E-state index contributed by atoms with van der Waals surface area (Å²) in [5.74, 6) is 1.17. The molecule has 1 N–H and O–H groups in total. The number of amides is 1. The highest BCUT2D eigenvalue weighted by atomic mass is 35.5. The van der Waals surface area contributed by atoms with Gasteiger partial charge in [-0.3, -0.25) is 15.1 Å². The van der Waals surface area contributed by atoms with Crippen LogP contribution in [0, 0.1) is 5.92 Å². The molecule has 8 heteroatoms. The molecule has 0 spiro atoms. The first-order valence-corrected chi connectivity index (χ1v) is 10.5. The normalized spacial score (nSPS) is 18.0. The van der Waals surface area contributed by atoms with E-state index in [2.05, 4.69) is 20.4 Å². The highest BCUT2D eigenvalue weighted by Gasteiger charge is 2.30. The number of fused-ring (bicyclic) bond motifs is 1. The number of halogens is 1. The number of nitrogens with zero attached hydrogens (tertiary/aromatic N) is 4. The molecule has 3 aromatic rings. The summed E-state index contributed by atoms with van der Waals surface area (Å²) < 4.78 is 7.61. The van der Waals surface area contributed by atoms with Gasteiger partial charge in [-0.05, 0) is 49.2 Å². The summed E-state index contributed by atoms with van der Waals surface area (Å²) in [6.07, 6.45) is 9.09. The van der Waals surface area contributed by atoms with Crippen LogP contribution in [0.25, 0.3) is 16.9 Å². The number of pyridine rings is 1. The van der Waals surface area contributed by atoms with E-state index in [9.17, 15) is 4.79 Å². The number of nitrogens with one attached hydrogen (secondary N) is 1. The number of anilines is 1. The van der Waals surface area contributed by atoms with Gasteiger partial charge < -0.3 is 4.74 Å². The minimum Gasteiger partial charge on any atom is -0.489 e. The van der Waals surface area contributed by atoms with Crippen molar-refractivity contribution < 1.29 is 9.53 Å². The predicted molar refractivity (Wildman–Crippen MR) is 121 cm³/mol. The van der Waals surface area contributed by atoms with Crippen LogP contribution < -0.4 is 10.1 Å². The van der Waals surface area contributed by atoms with Gasteiger partial charge in [-0.25, -0.2) is 4.52 Å². The number of hydrogen-bond acceptors (Lipinski definition) is 5. The number of carbonyl (C=O) groups is 1. The number of allylic oxidation sites excluding steroid dienone is 1. The molecule has 2 aromatic heterocycles. The minimum absolute atomic E-state index is 0.00940. The molecule has 1 amide bonds. The highest BCUT2D eigenvalue weighted by molar-refractivity contribution is 6.29. The third kappa shape index (κ3) is 4.51. The van der Waals surface area contributed by atoms with E-state index >= 15 is 0 Å². The number of carbonyl (C=O) groups excluding carboxylic acids is 1. The monoisotopic (exact) mass is 433 g/mol. The standard InChI is InChI=1S/C23H20ClN5O2/c24-18-9-4-15(12-25-13-18)14-31-19-10-7-16(8-11-19)20-2-1-3-21-26-23(28-29(20)21)27-22(30)17-5-6-17/h1-4,7-13,17-18H,5-6,14H2,(H,27,28,30). The zero-order valence-electron chi connectivity index (χ0n) is 16.6. The van der Waals surface area contributed by atoms with Crippen LogP contribution in [0.5, 0.6) is 5.75 Å². The van der Waals surface area contributed by atoms with E-state index in [1.807, 2.05) is 54.6 Å². The Balaban J connectivity index is 1.31. The summed E-state index contributed by atoms with van der Waals surface area (Å²) in [6.45, 7) is 0.402. The molecule has 1 saturated carbocycles. The van der Waals surface area contributed by atoms with Crippen molar-refractivity contribution in [2.45, 2.75) is 18.2 Å². The largest absolute Gasteiger partial charge is 0.489 e. The lowest BCUT2D eigenvalue weighted by Crippen LogP contribution is -2.14. The summed E-state index contributed by atoms with van der Waals surface area (Å²) in [5.41, 5.74) is 3.46.